The summed E-state index contributed by atoms with van der Waals surface area (Å²) in [5, 5.41) is 8.85. The summed E-state index contributed by atoms with van der Waals surface area (Å²) < 4.78 is 0. The van der Waals surface area contributed by atoms with Crippen molar-refractivity contribution in [1.29, 1.82) is 0 Å². The monoisotopic (exact) mass is 194 g/mol. The molecular formula is C9H10N2O3. The van der Waals surface area contributed by atoms with Crippen LogP contribution in [-0.2, 0) is 6.61 Å². The van der Waals surface area contributed by atoms with E-state index >= 15 is 0 Å². The SMILES string of the molecule is NC(=O)c1cc(CO)cc(C(N)=O)c1. The molecule has 0 spiro atoms. The quantitative estimate of drug-likeness (QED) is 0.596. The summed E-state index contributed by atoms with van der Waals surface area (Å²) in [5.74, 6) is -1.33. The molecule has 1 rings (SSSR count). The third-order valence-corrected chi connectivity index (χ3v) is 1.74. The van der Waals surface area contributed by atoms with Crippen LogP contribution in [0.25, 0.3) is 0 Å². The number of carbonyl (C=O) groups excluding carboxylic acids is 2. The van der Waals surface area contributed by atoms with Crippen molar-refractivity contribution in [2.75, 3.05) is 0 Å². The van der Waals surface area contributed by atoms with Crippen molar-refractivity contribution in [2.24, 2.45) is 11.5 Å². The highest BCUT2D eigenvalue weighted by molar-refractivity contribution is 5.98. The van der Waals surface area contributed by atoms with Gasteiger partial charge in [0, 0.05) is 11.1 Å². The van der Waals surface area contributed by atoms with Crippen LogP contribution in [0.2, 0.25) is 0 Å². The molecule has 0 fully saturated rings. The Morgan fingerprint density at radius 3 is 1.79 bits per heavy atom. The van der Waals surface area contributed by atoms with Gasteiger partial charge in [0.1, 0.15) is 0 Å². The molecule has 74 valence electrons. The van der Waals surface area contributed by atoms with Gasteiger partial charge >= 0.3 is 0 Å². The fourth-order valence-electron chi connectivity index (χ4n) is 1.07. The maximum Gasteiger partial charge on any atom is 0.248 e. The molecular weight excluding hydrogens is 184 g/mol. The highest BCUT2D eigenvalue weighted by Gasteiger charge is 2.08. The molecule has 0 heterocycles. The lowest BCUT2D eigenvalue weighted by Crippen LogP contribution is -2.16. The van der Waals surface area contributed by atoms with Gasteiger partial charge in [-0.25, -0.2) is 0 Å². The number of aliphatic hydroxyl groups excluding tert-OH is 1. The summed E-state index contributed by atoms with van der Waals surface area (Å²) in [6.45, 7) is -0.276. The second kappa shape index (κ2) is 3.89. The van der Waals surface area contributed by atoms with E-state index in [1.54, 1.807) is 0 Å². The van der Waals surface area contributed by atoms with Crippen LogP contribution in [0.4, 0.5) is 0 Å². The average molecular weight is 194 g/mol. The zero-order valence-corrected chi connectivity index (χ0v) is 7.36. The van der Waals surface area contributed by atoms with Crippen LogP contribution in [0.3, 0.4) is 0 Å². The summed E-state index contributed by atoms with van der Waals surface area (Å²) in [7, 11) is 0. The first-order chi connectivity index (χ1) is 6.54. The molecule has 2 amide bonds. The number of hydrogen-bond acceptors (Lipinski definition) is 3. The Balaban J connectivity index is 3.27. The summed E-state index contributed by atoms with van der Waals surface area (Å²) in [6, 6.07) is 4.12. The predicted octanol–water partition coefficient (Wildman–Crippen LogP) is -0.623. The van der Waals surface area contributed by atoms with Crippen molar-refractivity contribution in [3.63, 3.8) is 0 Å². The highest BCUT2D eigenvalue weighted by atomic mass is 16.3. The first kappa shape index (κ1) is 10.2. The molecule has 5 heteroatoms. The Hall–Kier alpha value is -1.88. The first-order valence-electron chi connectivity index (χ1n) is 3.89. The average Bonchev–Trinajstić information content (AvgIpc) is 2.16. The molecule has 0 radical (unpaired) electrons. The van der Waals surface area contributed by atoms with E-state index in [2.05, 4.69) is 0 Å². The maximum absolute atomic E-state index is 10.8. The van der Waals surface area contributed by atoms with Gasteiger partial charge in [0.25, 0.3) is 0 Å². The normalized spacial score (nSPS) is 9.79. The molecule has 0 unspecified atom stereocenters. The van der Waals surface area contributed by atoms with Crippen LogP contribution < -0.4 is 11.5 Å². The Labute approximate surface area is 80.3 Å². The zero-order chi connectivity index (χ0) is 10.7. The molecule has 1 aromatic carbocycles. The van der Waals surface area contributed by atoms with E-state index in [0.717, 1.165) is 0 Å². The number of rotatable bonds is 3. The number of amides is 2. The van der Waals surface area contributed by atoms with E-state index in [-0.39, 0.29) is 17.7 Å². The minimum absolute atomic E-state index is 0.158. The van der Waals surface area contributed by atoms with Crippen LogP contribution >= 0.6 is 0 Å². The minimum Gasteiger partial charge on any atom is -0.392 e. The maximum atomic E-state index is 10.8. The Morgan fingerprint density at radius 1 is 1.07 bits per heavy atom. The van der Waals surface area contributed by atoms with Crippen LogP contribution in [-0.4, -0.2) is 16.9 Å². The summed E-state index contributed by atoms with van der Waals surface area (Å²) >= 11 is 0. The smallest absolute Gasteiger partial charge is 0.248 e. The van der Waals surface area contributed by atoms with Gasteiger partial charge in [-0.15, -0.1) is 0 Å². The molecule has 0 atom stereocenters. The Bertz CT molecular complexity index is 355. The molecule has 5 nitrogen and oxygen atoms in total. The fourth-order valence-corrected chi connectivity index (χ4v) is 1.07. The van der Waals surface area contributed by atoms with Gasteiger partial charge in [-0.3, -0.25) is 9.59 Å². The van der Waals surface area contributed by atoms with E-state index < -0.39 is 11.8 Å². The lowest BCUT2D eigenvalue weighted by Gasteiger charge is -2.03. The van der Waals surface area contributed by atoms with E-state index in [1.807, 2.05) is 0 Å². The second-order valence-corrected chi connectivity index (χ2v) is 2.81. The lowest BCUT2D eigenvalue weighted by atomic mass is 10.1. The van der Waals surface area contributed by atoms with Crippen LogP contribution in [0.15, 0.2) is 18.2 Å². The number of primary amides is 2. The van der Waals surface area contributed by atoms with Gasteiger partial charge in [0.05, 0.1) is 6.61 Å². The van der Waals surface area contributed by atoms with Gasteiger partial charge in [-0.1, -0.05) is 0 Å². The number of hydrogen-bond donors (Lipinski definition) is 3. The summed E-state index contributed by atoms with van der Waals surface area (Å²) in [5.41, 5.74) is 10.8. The lowest BCUT2D eigenvalue weighted by molar-refractivity contribution is 0.0999. The minimum atomic E-state index is -0.664. The topological polar surface area (TPSA) is 106 Å². The molecule has 0 aromatic heterocycles. The Morgan fingerprint density at radius 2 is 1.50 bits per heavy atom. The van der Waals surface area contributed by atoms with E-state index in [0.29, 0.717) is 5.56 Å². The second-order valence-electron chi connectivity index (χ2n) is 2.81. The molecule has 0 saturated carbocycles. The fraction of sp³-hybridized carbons (Fsp3) is 0.111. The molecule has 14 heavy (non-hydrogen) atoms. The van der Waals surface area contributed by atoms with Crippen molar-refractivity contribution in [1.82, 2.24) is 0 Å². The molecule has 1 aromatic rings. The van der Waals surface area contributed by atoms with Crippen LogP contribution in [0, 0.1) is 0 Å². The van der Waals surface area contributed by atoms with Gasteiger partial charge in [-0.2, -0.15) is 0 Å². The molecule has 0 aliphatic rings. The van der Waals surface area contributed by atoms with Gasteiger partial charge in [-0.05, 0) is 23.8 Å². The largest absolute Gasteiger partial charge is 0.392 e. The van der Waals surface area contributed by atoms with E-state index in [1.165, 1.54) is 18.2 Å². The van der Waals surface area contributed by atoms with Crippen LogP contribution in [0.1, 0.15) is 26.3 Å². The predicted molar refractivity (Wildman–Crippen MR) is 49.4 cm³/mol. The standard InChI is InChI=1S/C9H10N2O3/c10-8(13)6-1-5(4-12)2-7(3-6)9(11)14/h1-3,12H,4H2,(H2,10,13)(H2,11,14). The molecule has 0 aliphatic heterocycles. The number of nitrogens with two attached hydrogens (primary N) is 2. The number of benzene rings is 1. The van der Waals surface area contributed by atoms with Crippen molar-refractivity contribution < 1.29 is 14.7 Å². The first-order valence-corrected chi connectivity index (χ1v) is 3.89. The van der Waals surface area contributed by atoms with Gasteiger partial charge < -0.3 is 16.6 Å². The molecule has 0 aliphatic carbocycles. The number of aliphatic hydroxyl groups is 1. The van der Waals surface area contributed by atoms with Gasteiger partial charge in [0.2, 0.25) is 11.8 Å². The summed E-state index contributed by atoms with van der Waals surface area (Å²) in [4.78, 5) is 21.7. The van der Waals surface area contributed by atoms with Crippen molar-refractivity contribution in [3.8, 4) is 0 Å². The zero-order valence-electron chi connectivity index (χ0n) is 7.36. The third kappa shape index (κ3) is 2.08. The summed E-state index contributed by atoms with van der Waals surface area (Å²) in [6.07, 6.45) is 0. The number of carbonyl (C=O) groups is 2. The molecule has 5 N–H and O–H groups in total. The van der Waals surface area contributed by atoms with E-state index in [9.17, 15) is 9.59 Å². The van der Waals surface area contributed by atoms with Crippen molar-refractivity contribution in [3.05, 3.63) is 34.9 Å². The van der Waals surface area contributed by atoms with Gasteiger partial charge in [0.15, 0.2) is 0 Å². The Kier molecular flexibility index (Phi) is 2.83. The van der Waals surface area contributed by atoms with Crippen LogP contribution in [0.5, 0.6) is 0 Å². The van der Waals surface area contributed by atoms with E-state index in [4.69, 9.17) is 16.6 Å². The third-order valence-electron chi connectivity index (χ3n) is 1.74. The highest BCUT2D eigenvalue weighted by Crippen LogP contribution is 2.09. The molecule has 0 saturated heterocycles. The van der Waals surface area contributed by atoms with Crippen molar-refractivity contribution >= 4 is 11.8 Å². The molecule has 0 bridgehead atoms. The van der Waals surface area contributed by atoms with Crippen molar-refractivity contribution in [2.45, 2.75) is 6.61 Å².